The zero-order chi connectivity index (χ0) is 27.8. The van der Waals surface area contributed by atoms with Crippen LogP contribution in [0.4, 0.5) is 17.1 Å². The molecule has 0 amide bonds. The molecule has 0 saturated carbocycles. The maximum Gasteiger partial charge on any atom is 0.295 e. The summed E-state index contributed by atoms with van der Waals surface area (Å²) in [5.74, 6) is 1.04. The van der Waals surface area contributed by atoms with Crippen molar-refractivity contribution in [2.24, 2.45) is 5.10 Å². The Hall–Kier alpha value is -4.61. The van der Waals surface area contributed by atoms with Crippen LogP contribution >= 0.6 is 11.6 Å². The van der Waals surface area contributed by atoms with Gasteiger partial charge < -0.3 is 9.47 Å². The van der Waals surface area contributed by atoms with Crippen LogP contribution in [0.1, 0.15) is 11.1 Å². The van der Waals surface area contributed by atoms with Gasteiger partial charge >= 0.3 is 0 Å². The maximum absolute atomic E-state index is 12.7. The third kappa shape index (κ3) is 7.24. The van der Waals surface area contributed by atoms with Crippen molar-refractivity contribution in [1.29, 1.82) is 0 Å². The van der Waals surface area contributed by atoms with Gasteiger partial charge in [0, 0.05) is 16.8 Å². The second-order valence-electron chi connectivity index (χ2n) is 8.10. The predicted molar refractivity (Wildman–Crippen MR) is 150 cm³/mol. The molecule has 0 saturated heterocycles. The summed E-state index contributed by atoms with van der Waals surface area (Å²) in [6.07, 6.45) is 1.44. The van der Waals surface area contributed by atoms with E-state index >= 15 is 0 Å². The summed E-state index contributed by atoms with van der Waals surface area (Å²) in [6, 6.07) is 24.4. The number of nitrogens with zero attached hydrogens (tertiary/aromatic N) is 2. The van der Waals surface area contributed by atoms with Crippen molar-refractivity contribution in [1.82, 2.24) is 0 Å². The van der Waals surface area contributed by atoms with Crippen molar-refractivity contribution in [3.05, 3.63) is 117 Å². The van der Waals surface area contributed by atoms with Crippen molar-refractivity contribution >= 4 is 44.9 Å². The molecule has 12 heteroatoms. The Morgan fingerprint density at radius 2 is 1.72 bits per heavy atom. The number of ether oxygens (including phenoxy) is 2. The fourth-order valence-electron chi connectivity index (χ4n) is 3.45. The molecule has 0 spiro atoms. The number of sulfonamides is 1. The average molecular weight is 567 g/mol. The second-order valence-corrected chi connectivity index (χ2v) is 10.2. The van der Waals surface area contributed by atoms with Gasteiger partial charge in [0.1, 0.15) is 12.3 Å². The summed E-state index contributed by atoms with van der Waals surface area (Å²) >= 11 is 5.83. The number of hydrogen-bond donors (Lipinski definition) is 2. The van der Waals surface area contributed by atoms with Crippen LogP contribution in [0.2, 0.25) is 5.02 Å². The first-order chi connectivity index (χ1) is 18.7. The second kappa shape index (κ2) is 12.3. The van der Waals surface area contributed by atoms with Crippen LogP contribution in [0, 0.1) is 10.1 Å². The average Bonchev–Trinajstić information content (AvgIpc) is 2.94. The molecule has 4 aromatic carbocycles. The molecule has 0 aliphatic rings. The number of methoxy groups -OCH3 is 1. The molecule has 39 heavy (non-hydrogen) atoms. The highest BCUT2D eigenvalue weighted by atomic mass is 35.5. The van der Waals surface area contributed by atoms with Gasteiger partial charge in [0.25, 0.3) is 15.7 Å². The molecule has 0 heterocycles. The van der Waals surface area contributed by atoms with Gasteiger partial charge in [0.2, 0.25) is 0 Å². The summed E-state index contributed by atoms with van der Waals surface area (Å²) in [5.41, 5.74) is 4.06. The van der Waals surface area contributed by atoms with E-state index < -0.39 is 20.6 Å². The molecule has 0 aromatic heterocycles. The molecule has 0 fully saturated rings. The number of nitrogens with one attached hydrogen (secondary N) is 2. The van der Waals surface area contributed by atoms with Crippen LogP contribution in [0.25, 0.3) is 0 Å². The lowest BCUT2D eigenvalue weighted by atomic mass is 10.2. The largest absolute Gasteiger partial charge is 0.493 e. The number of nitro benzene ring substituents is 1. The van der Waals surface area contributed by atoms with Crippen molar-refractivity contribution in [2.75, 3.05) is 17.3 Å². The molecule has 0 radical (unpaired) electrons. The van der Waals surface area contributed by atoms with Crippen LogP contribution in [0.5, 0.6) is 11.5 Å². The van der Waals surface area contributed by atoms with E-state index in [1.807, 2.05) is 30.3 Å². The first-order valence-corrected chi connectivity index (χ1v) is 13.3. The molecule has 200 valence electrons. The fourth-order valence-corrected chi connectivity index (χ4v) is 4.66. The molecule has 2 N–H and O–H groups in total. The maximum atomic E-state index is 12.7. The Morgan fingerprint density at radius 1 is 0.974 bits per heavy atom. The van der Waals surface area contributed by atoms with Crippen LogP contribution < -0.4 is 19.6 Å². The van der Waals surface area contributed by atoms with Gasteiger partial charge in [-0.25, -0.2) is 8.42 Å². The normalized spacial score (nSPS) is 11.2. The minimum atomic E-state index is -4.09. The topological polar surface area (TPSA) is 132 Å². The predicted octanol–water partition coefficient (Wildman–Crippen LogP) is 6.08. The standard InChI is InChI=1S/C27H23ClN4O6S/c1-37-27-15-20(7-14-26(27)38-18-19-5-3-2-4-6-19)17-29-30-24-13-12-23(16-25(24)32(33)34)39(35,36)31-22-10-8-21(28)9-11-22/h2-17,30-31H,18H2,1H3/b29-17+. The molecule has 0 aliphatic carbocycles. The van der Waals surface area contributed by atoms with Crippen LogP contribution in [-0.2, 0) is 16.6 Å². The van der Waals surface area contributed by atoms with Crippen molar-refractivity contribution < 1.29 is 22.8 Å². The monoisotopic (exact) mass is 566 g/mol. The number of halogens is 1. The van der Waals surface area contributed by atoms with E-state index in [0.717, 1.165) is 11.6 Å². The summed E-state index contributed by atoms with van der Waals surface area (Å²) in [6.45, 7) is 0.372. The third-order valence-corrected chi connectivity index (χ3v) is 7.03. The van der Waals surface area contributed by atoms with Crippen molar-refractivity contribution in [2.45, 2.75) is 11.5 Å². The highest BCUT2D eigenvalue weighted by Crippen LogP contribution is 2.30. The molecular formula is C27H23ClN4O6S. The Morgan fingerprint density at radius 3 is 2.41 bits per heavy atom. The molecule has 4 rings (SSSR count). The summed E-state index contributed by atoms with van der Waals surface area (Å²) in [7, 11) is -2.57. The van der Waals surface area contributed by atoms with Crippen molar-refractivity contribution in [3.63, 3.8) is 0 Å². The highest BCUT2D eigenvalue weighted by Gasteiger charge is 2.21. The first kappa shape index (κ1) is 27.4. The van der Waals surface area contributed by atoms with Gasteiger partial charge in [-0.15, -0.1) is 0 Å². The Labute approximate surface area is 230 Å². The van der Waals surface area contributed by atoms with E-state index in [1.54, 1.807) is 18.2 Å². The van der Waals surface area contributed by atoms with Gasteiger partial charge in [-0.05, 0) is 65.7 Å². The Bertz CT molecular complexity index is 1600. The molecule has 0 bridgehead atoms. The van der Waals surface area contributed by atoms with Gasteiger partial charge in [-0.2, -0.15) is 5.10 Å². The summed E-state index contributed by atoms with van der Waals surface area (Å²) in [5, 5.41) is 16.2. The van der Waals surface area contributed by atoms with Gasteiger partial charge in [0.15, 0.2) is 11.5 Å². The SMILES string of the molecule is COc1cc(/C=N/Nc2ccc(S(=O)(=O)Nc3ccc(Cl)cc3)cc2[N+](=O)[O-])ccc1OCc1ccccc1. The Balaban J connectivity index is 1.47. The third-order valence-electron chi connectivity index (χ3n) is 5.40. The number of rotatable bonds is 11. The molecule has 4 aromatic rings. The van der Waals surface area contributed by atoms with E-state index in [0.29, 0.717) is 28.7 Å². The number of hydrogen-bond acceptors (Lipinski definition) is 8. The zero-order valence-electron chi connectivity index (χ0n) is 20.6. The lowest BCUT2D eigenvalue weighted by molar-refractivity contribution is -0.384. The minimum absolute atomic E-state index is 0.0106. The molecule has 0 atom stereocenters. The van der Waals surface area contributed by atoms with E-state index in [2.05, 4.69) is 15.2 Å². The number of anilines is 2. The minimum Gasteiger partial charge on any atom is -0.493 e. The van der Waals surface area contributed by atoms with Crippen LogP contribution in [-0.4, -0.2) is 26.7 Å². The highest BCUT2D eigenvalue weighted by molar-refractivity contribution is 7.92. The fraction of sp³-hybridized carbons (Fsp3) is 0.0741. The van der Waals surface area contributed by atoms with E-state index in [4.69, 9.17) is 21.1 Å². The number of nitro groups is 1. The molecule has 0 unspecified atom stereocenters. The first-order valence-electron chi connectivity index (χ1n) is 11.5. The van der Waals surface area contributed by atoms with Gasteiger partial charge in [0.05, 0.1) is 23.1 Å². The van der Waals surface area contributed by atoms with E-state index in [-0.39, 0.29) is 16.3 Å². The number of benzene rings is 4. The lowest BCUT2D eigenvalue weighted by Crippen LogP contribution is -2.13. The van der Waals surface area contributed by atoms with Crippen LogP contribution in [0.15, 0.2) is 101 Å². The quantitative estimate of drug-likeness (QED) is 0.128. The van der Waals surface area contributed by atoms with E-state index in [1.165, 1.54) is 49.7 Å². The summed E-state index contributed by atoms with van der Waals surface area (Å²) in [4.78, 5) is 10.7. The zero-order valence-corrected chi connectivity index (χ0v) is 22.1. The lowest BCUT2D eigenvalue weighted by Gasteiger charge is -2.11. The molecule has 0 aliphatic heterocycles. The van der Waals surface area contributed by atoms with Gasteiger partial charge in [-0.1, -0.05) is 41.9 Å². The smallest absolute Gasteiger partial charge is 0.295 e. The number of hydrazone groups is 1. The Kier molecular flexibility index (Phi) is 8.64. The molecule has 10 nitrogen and oxygen atoms in total. The van der Waals surface area contributed by atoms with Crippen LogP contribution in [0.3, 0.4) is 0 Å². The van der Waals surface area contributed by atoms with Crippen molar-refractivity contribution in [3.8, 4) is 11.5 Å². The van der Waals surface area contributed by atoms with E-state index in [9.17, 15) is 18.5 Å². The summed E-state index contributed by atoms with van der Waals surface area (Å²) < 4.78 is 39.1. The molecular weight excluding hydrogens is 544 g/mol. The van der Waals surface area contributed by atoms with Gasteiger partial charge in [-0.3, -0.25) is 20.3 Å².